The smallest absolute Gasteiger partial charge is 0.463 e. The maximum absolute atomic E-state index is 14.4. The van der Waals surface area contributed by atoms with E-state index in [1.807, 2.05) is 6.08 Å². The number of unbranched alkanes of at least 4 members (excludes halogenated alkanes) is 36. The molecule has 0 radical (unpaired) electrons. The predicted octanol–water partition coefficient (Wildman–Crippen LogP) is 11.9. The average Bonchev–Trinajstić information content (AvgIpc) is 0.760. The third kappa shape index (κ3) is 40.0. The number of hydrogen-bond donors (Lipinski definition) is 11. The van der Waals surface area contributed by atoms with Crippen LogP contribution >= 0.6 is 7.82 Å². The van der Waals surface area contributed by atoms with Crippen LogP contribution in [0, 0.1) is 5.92 Å². The number of phosphoric ester groups is 1. The number of rotatable bonds is 62. The molecule has 0 aromatic heterocycles. The summed E-state index contributed by atoms with van der Waals surface area (Å²) < 4.78 is 65.0. The summed E-state index contributed by atoms with van der Waals surface area (Å²) in [6.07, 6.45) is 18.7. The Morgan fingerprint density at radius 1 is 0.431 bits per heavy atom. The minimum atomic E-state index is -5.72. The third-order valence-electron chi connectivity index (χ3n) is 20.0. The van der Waals surface area contributed by atoms with E-state index in [9.17, 15) is 74.9 Å². The molecule has 2 aliphatic heterocycles. The highest BCUT2D eigenvalue weighted by molar-refractivity contribution is 7.47. The van der Waals surface area contributed by atoms with Crippen LogP contribution in [0.25, 0.3) is 0 Å². The van der Waals surface area contributed by atoms with Gasteiger partial charge in [-0.05, 0) is 31.6 Å². The van der Waals surface area contributed by atoms with Crippen LogP contribution in [0.1, 0.15) is 310 Å². The lowest BCUT2D eigenvalue weighted by Gasteiger charge is -2.49. The van der Waals surface area contributed by atoms with Crippen LogP contribution < -0.4 is 0 Å². The maximum atomic E-state index is 14.4. The topological polar surface area (TPSA) is 374 Å². The van der Waals surface area contributed by atoms with Crippen molar-refractivity contribution in [2.24, 2.45) is 5.92 Å². The highest BCUT2D eigenvalue weighted by Crippen LogP contribution is 2.49. The predicted molar refractivity (Wildman–Crippen MR) is 388 cm³/mol. The largest absolute Gasteiger partial charge is 0.472 e. The molecule has 24 nitrogen and oxygen atoms in total. The molecule has 25 heteroatoms. The number of hydrogen-bond acceptors (Lipinski definition) is 23. The zero-order chi connectivity index (χ0) is 74.8. The molecule has 0 bridgehead atoms. The molecule has 1 aliphatic carbocycles. The SMILES string of the molecule is CCCCCCCCCCCCC/C=C/C=C/C(=O)OCC(COP(=O)(O)OC1C(OC2OC(CO)C(O)C(O)C2O)C(O)C(O)C(O)C1OC1OC(COC(=O)CCCCCCCCCCCCCCCCCC)C(O)C(O)C1O)OC(=O)CCCCCCCCC(C)CCCCCCCC. The fourth-order valence-corrected chi connectivity index (χ4v) is 14.4. The molecule has 598 valence electrons. The van der Waals surface area contributed by atoms with Crippen molar-refractivity contribution in [3.8, 4) is 0 Å². The number of carbonyl (C=O) groups is 3. The molecule has 2 saturated heterocycles. The zero-order valence-corrected chi connectivity index (χ0v) is 63.7. The average molecular weight is 1480 g/mol. The molecule has 3 rings (SSSR count). The number of allylic oxidation sites excluding steroid dienone is 3. The molecule has 11 N–H and O–H groups in total. The number of ether oxygens (including phenoxy) is 7. The monoisotopic (exact) mass is 1480 g/mol. The van der Waals surface area contributed by atoms with Gasteiger partial charge in [-0.1, -0.05) is 290 Å². The van der Waals surface area contributed by atoms with E-state index in [1.54, 1.807) is 6.08 Å². The van der Waals surface area contributed by atoms with Gasteiger partial charge in [-0.15, -0.1) is 0 Å². The molecule has 0 spiro atoms. The first kappa shape index (κ1) is 93.6. The van der Waals surface area contributed by atoms with Crippen LogP contribution in [0.15, 0.2) is 24.3 Å². The van der Waals surface area contributed by atoms with E-state index in [1.165, 1.54) is 173 Å². The fourth-order valence-electron chi connectivity index (χ4n) is 13.4. The van der Waals surface area contributed by atoms with Gasteiger partial charge >= 0.3 is 25.7 Å². The molecule has 0 amide bonds. The van der Waals surface area contributed by atoms with Crippen LogP contribution in [0.4, 0.5) is 0 Å². The molecular formula is C77H141O24P. The van der Waals surface area contributed by atoms with Gasteiger partial charge in [-0.25, -0.2) is 9.36 Å². The van der Waals surface area contributed by atoms with E-state index < -0.39 is 156 Å². The summed E-state index contributed by atoms with van der Waals surface area (Å²) in [7, 11) is -5.72. The van der Waals surface area contributed by atoms with Gasteiger partial charge in [0.15, 0.2) is 18.7 Å². The molecular weight excluding hydrogens is 1340 g/mol. The Morgan fingerprint density at radius 3 is 1.25 bits per heavy atom. The summed E-state index contributed by atoms with van der Waals surface area (Å²) in [6.45, 7) is 5.68. The standard InChI is InChI=1S/C77H141O24P/c1-5-8-11-14-17-19-21-23-25-27-29-31-33-35-41-46-51-62(80)94-56-60-65(83)67(85)72(90)77(98-60)100-74-70(88)68(86)69(87)73(99-76-71(89)66(84)64(82)59(53-78)97-76)75(74)101-102(91,92)95-55-58(54-93-61(79)50-45-40-34-32-30-28-26-24-22-20-18-15-12-9-6-2)96-63(81)52-47-42-37-36-39-44-49-57(4)48-43-38-16-13-10-7-3/h34,40,45,50,57-60,64-78,82-90H,5-33,35-39,41-44,46-49,51-56H2,1-4H3,(H,91,92)/b40-34+,50-45+. The second kappa shape index (κ2) is 57.5. The van der Waals surface area contributed by atoms with Crippen LogP contribution in [-0.4, -0.2) is 204 Å². The van der Waals surface area contributed by atoms with Crippen molar-refractivity contribution in [2.45, 2.75) is 414 Å². The highest BCUT2D eigenvalue weighted by Gasteiger charge is 2.58. The lowest BCUT2D eigenvalue weighted by molar-refractivity contribution is -0.360. The summed E-state index contributed by atoms with van der Waals surface area (Å²) in [5.74, 6) is -1.56. The van der Waals surface area contributed by atoms with Crippen molar-refractivity contribution in [1.82, 2.24) is 0 Å². The molecule has 19 atom stereocenters. The zero-order valence-electron chi connectivity index (χ0n) is 62.8. The third-order valence-corrected chi connectivity index (χ3v) is 21.0. The Hall–Kier alpha value is -2.56. The highest BCUT2D eigenvalue weighted by atomic mass is 31.2. The summed E-state index contributed by atoms with van der Waals surface area (Å²) in [5, 5.41) is 110. The van der Waals surface area contributed by atoms with Crippen molar-refractivity contribution in [2.75, 3.05) is 26.4 Å². The van der Waals surface area contributed by atoms with Crippen LogP contribution in [0.5, 0.6) is 0 Å². The van der Waals surface area contributed by atoms with Crippen molar-refractivity contribution in [1.29, 1.82) is 0 Å². The van der Waals surface area contributed by atoms with Gasteiger partial charge in [-0.2, -0.15) is 0 Å². The van der Waals surface area contributed by atoms with Crippen molar-refractivity contribution in [3.05, 3.63) is 24.3 Å². The van der Waals surface area contributed by atoms with Crippen molar-refractivity contribution >= 4 is 25.7 Å². The van der Waals surface area contributed by atoms with Crippen molar-refractivity contribution in [3.63, 3.8) is 0 Å². The first-order valence-electron chi connectivity index (χ1n) is 40.1. The first-order chi connectivity index (χ1) is 49.2. The summed E-state index contributed by atoms with van der Waals surface area (Å²) >= 11 is 0. The number of carbonyl (C=O) groups excluding carboxylic acids is 3. The Labute approximate surface area is 611 Å². The second-order valence-corrected chi connectivity index (χ2v) is 30.5. The Morgan fingerprint density at radius 2 is 0.814 bits per heavy atom. The number of phosphoric acid groups is 1. The summed E-state index contributed by atoms with van der Waals surface area (Å²) in [6, 6.07) is 0. The summed E-state index contributed by atoms with van der Waals surface area (Å²) in [4.78, 5) is 51.0. The van der Waals surface area contributed by atoms with Gasteiger partial charge < -0.3 is 89.1 Å². The van der Waals surface area contributed by atoms with Crippen LogP contribution in [0.3, 0.4) is 0 Å². The first-order valence-corrected chi connectivity index (χ1v) is 41.5. The Bertz CT molecular complexity index is 2210. The number of aliphatic hydroxyl groups is 10. The molecule has 102 heavy (non-hydrogen) atoms. The lowest BCUT2D eigenvalue weighted by Crippen LogP contribution is -2.69. The van der Waals surface area contributed by atoms with Crippen molar-refractivity contribution < 1.29 is 117 Å². The fraction of sp³-hybridized carbons (Fsp3) is 0.909. The lowest BCUT2D eigenvalue weighted by atomic mass is 9.84. The molecule has 19 unspecified atom stereocenters. The van der Waals surface area contributed by atoms with E-state index in [4.69, 9.17) is 42.2 Å². The minimum absolute atomic E-state index is 0.0290. The quantitative estimate of drug-likeness (QED) is 0.00673. The minimum Gasteiger partial charge on any atom is -0.463 e. The van der Waals surface area contributed by atoms with E-state index in [0.717, 1.165) is 96.0 Å². The number of aliphatic hydroxyl groups excluding tert-OH is 10. The van der Waals surface area contributed by atoms with Gasteiger partial charge in [0.05, 0.1) is 13.2 Å². The molecule has 3 fully saturated rings. The van der Waals surface area contributed by atoms with E-state index in [2.05, 4.69) is 27.7 Å². The molecule has 2 heterocycles. The second-order valence-electron chi connectivity index (χ2n) is 29.1. The summed E-state index contributed by atoms with van der Waals surface area (Å²) in [5.41, 5.74) is 0. The van der Waals surface area contributed by atoms with Gasteiger partial charge in [-0.3, -0.25) is 18.6 Å². The normalized spacial score (nSPS) is 27.4. The van der Waals surface area contributed by atoms with E-state index >= 15 is 0 Å². The van der Waals surface area contributed by atoms with Crippen LogP contribution in [0.2, 0.25) is 0 Å². The Kier molecular flexibility index (Phi) is 52.8. The van der Waals surface area contributed by atoms with Gasteiger partial charge in [0.2, 0.25) is 0 Å². The Balaban J connectivity index is 1.73. The maximum Gasteiger partial charge on any atom is 0.472 e. The van der Waals surface area contributed by atoms with Gasteiger partial charge in [0.25, 0.3) is 0 Å². The van der Waals surface area contributed by atoms with Crippen LogP contribution in [-0.2, 0) is 61.2 Å². The molecule has 3 aliphatic rings. The van der Waals surface area contributed by atoms with Gasteiger partial charge in [0.1, 0.15) is 98.7 Å². The molecule has 0 aromatic carbocycles. The van der Waals surface area contributed by atoms with Gasteiger partial charge in [0, 0.05) is 18.9 Å². The van der Waals surface area contributed by atoms with E-state index in [-0.39, 0.29) is 12.8 Å². The number of esters is 3. The van der Waals surface area contributed by atoms with E-state index in [0.29, 0.717) is 18.8 Å². The molecule has 1 saturated carbocycles. The molecule has 0 aromatic rings.